The fraction of sp³-hybridized carbons (Fsp3) is 0.0800. The van der Waals surface area contributed by atoms with Crippen molar-refractivity contribution < 1.29 is 4.79 Å². The third-order valence-corrected chi connectivity index (χ3v) is 6.94. The minimum absolute atomic E-state index is 0.129. The minimum Gasteiger partial charge on any atom is -0.339 e. The van der Waals surface area contributed by atoms with Gasteiger partial charge < -0.3 is 10.6 Å². The maximum absolute atomic E-state index is 13.4. The number of aromatic nitrogens is 2. The third kappa shape index (κ3) is 4.26. The van der Waals surface area contributed by atoms with E-state index < -0.39 is 0 Å². The quantitative estimate of drug-likeness (QED) is 0.267. The van der Waals surface area contributed by atoms with Gasteiger partial charge in [0.1, 0.15) is 4.88 Å². The Hall–Kier alpha value is -3.55. The van der Waals surface area contributed by atoms with Crippen LogP contribution in [0.1, 0.15) is 25.8 Å². The first-order valence-electron chi connectivity index (χ1n) is 10.1. The van der Waals surface area contributed by atoms with Crippen molar-refractivity contribution >= 4 is 61.0 Å². The minimum atomic E-state index is -0.129. The largest absolute Gasteiger partial charge is 0.339 e. The monoisotopic (exact) mass is 456 g/mol. The van der Waals surface area contributed by atoms with E-state index in [4.69, 9.17) is 4.98 Å². The number of thiazole rings is 2. The van der Waals surface area contributed by atoms with Crippen molar-refractivity contribution in [1.29, 1.82) is 0 Å². The lowest BCUT2D eigenvalue weighted by atomic mass is 10.2. The van der Waals surface area contributed by atoms with Gasteiger partial charge in [-0.1, -0.05) is 58.9 Å². The lowest BCUT2D eigenvalue weighted by molar-refractivity contribution is 0.104. The summed E-state index contributed by atoms with van der Waals surface area (Å²) in [4.78, 5) is 23.2. The van der Waals surface area contributed by atoms with Crippen molar-refractivity contribution in [3.05, 3.63) is 93.8 Å². The zero-order chi connectivity index (χ0) is 22.1. The standard InChI is InChI=1S/C25H20N4OS2/c1-15-7-11-17(12-8-15)26-23-22(21(30)24-28-19-5-3-4-6-20(19)31-24)32-25(29-23)27-18-13-9-16(2)10-14-18/h3-14,26H,1-2H3,(H,27,29). The molecule has 0 aliphatic heterocycles. The van der Waals surface area contributed by atoms with Crippen LogP contribution in [0.2, 0.25) is 0 Å². The number of nitrogens with zero attached hydrogens (tertiary/aromatic N) is 2. The van der Waals surface area contributed by atoms with E-state index in [-0.39, 0.29) is 5.78 Å². The summed E-state index contributed by atoms with van der Waals surface area (Å²) in [5, 5.41) is 7.74. The Kier molecular flexibility index (Phi) is 5.43. The molecule has 32 heavy (non-hydrogen) atoms. The molecule has 0 radical (unpaired) electrons. The molecule has 158 valence electrons. The van der Waals surface area contributed by atoms with Crippen LogP contribution in [0.25, 0.3) is 10.2 Å². The van der Waals surface area contributed by atoms with Crippen molar-refractivity contribution in [3.8, 4) is 0 Å². The van der Waals surface area contributed by atoms with E-state index in [1.165, 1.54) is 33.8 Å². The van der Waals surface area contributed by atoms with E-state index in [1.54, 1.807) is 0 Å². The normalized spacial score (nSPS) is 10.9. The van der Waals surface area contributed by atoms with E-state index in [0.717, 1.165) is 21.6 Å². The number of hydrogen-bond donors (Lipinski definition) is 2. The lowest BCUT2D eigenvalue weighted by Gasteiger charge is -2.05. The molecule has 0 aliphatic rings. The second-order valence-electron chi connectivity index (χ2n) is 7.49. The van der Waals surface area contributed by atoms with Gasteiger partial charge in [0.2, 0.25) is 5.78 Å². The molecule has 0 aliphatic carbocycles. The van der Waals surface area contributed by atoms with Crippen molar-refractivity contribution in [1.82, 2.24) is 9.97 Å². The van der Waals surface area contributed by atoms with E-state index in [1.807, 2.05) is 86.6 Å². The van der Waals surface area contributed by atoms with Crippen LogP contribution < -0.4 is 10.6 Å². The van der Waals surface area contributed by atoms with Gasteiger partial charge in [0.25, 0.3) is 0 Å². The molecule has 0 saturated carbocycles. The number of benzene rings is 3. The first-order valence-corrected chi connectivity index (χ1v) is 11.8. The van der Waals surface area contributed by atoms with Crippen molar-refractivity contribution in [2.75, 3.05) is 10.6 Å². The number of ketones is 1. The highest BCUT2D eigenvalue weighted by molar-refractivity contribution is 7.22. The molecule has 0 unspecified atom stereocenters. The summed E-state index contributed by atoms with van der Waals surface area (Å²) in [6.07, 6.45) is 0. The van der Waals surface area contributed by atoms with Crippen LogP contribution in [0.4, 0.5) is 22.3 Å². The summed E-state index contributed by atoms with van der Waals surface area (Å²) in [5.41, 5.74) is 4.98. The number of nitrogens with one attached hydrogen (secondary N) is 2. The lowest BCUT2D eigenvalue weighted by Crippen LogP contribution is -2.02. The highest BCUT2D eigenvalue weighted by Crippen LogP contribution is 2.35. The summed E-state index contributed by atoms with van der Waals surface area (Å²) in [6, 6.07) is 23.9. The predicted molar refractivity (Wildman–Crippen MR) is 134 cm³/mol. The molecule has 7 heteroatoms. The van der Waals surface area contributed by atoms with Crippen LogP contribution in [0.15, 0.2) is 72.8 Å². The van der Waals surface area contributed by atoms with E-state index in [0.29, 0.717) is 20.8 Å². The molecule has 0 saturated heterocycles. The molecular weight excluding hydrogens is 436 g/mol. The van der Waals surface area contributed by atoms with Crippen LogP contribution in [0, 0.1) is 13.8 Å². The number of aryl methyl sites for hydroxylation is 2. The summed E-state index contributed by atoms with van der Waals surface area (Å²) >= 11 is 2.73. The molecule has 3 aromatic carbocycles. The average Bonchev–Trinajstić information content (AvgIpc) is 3.40. The van der Waals surface area contributed by atoms with Gasteiger partial charge >= 0.3 is 0 Å². The van der Waals surface area contributed by atoms with Crippen LogP contribution in [-0.2, 0) is 0 Å². The van der Waals surface area contributed by atoms with Gasteiger partial charge in [0.05, 0.1) is 10.2 Å². The smallest absolute Gasteiger partial charge is 0.235 e. The maximum Gasteiger partial charge on any atom is 0.235 e. The Bertz CT molecular complexity index is 1370. The predicted octanol–water partition coefficient (Wildman–Crippen LogP) is 7.09. The summed E-state index contributed by atoms with van der Waals surface area (Å²) < 4.78 is 0.992. The third-order valence-electron chi connectivity index (χ3n) is 4.94. The van der Waals surface area contributed by atoms with Crippen LogP contribution in [0.5, 0.6) is 0 Å². The van der Waals surface area contributed by atoms with Gasteiger partial charge in [-0.05, 0) is 50.2 Å². The molecule has 2 N–H and O–H groups in total. The molecule has 0 atom stereocenters. The Morgan fingerprint density at radius 2 is 1.38 bits per heavy atom. The Labute approximate surface area is 193 Å². The molecule has 0 spiro atoms. The van der Waals surface area contributed by atoms with E-state index in [2.05, 4.69) is 15.6 Å². The summed E-state index contributed by atoms with van der Waals surface area (Å²) in [7, 11) is 0. The fourth-order valence-electron chi connectivity index (χ4n) is 3.21. The molecule has 5 rings (SSSR count). The second-order valence-corrected chi connectivity index (χ2v) is 9.52. The Morgan fingerprint density at radius 3 is 2.03 bits per heavy atom. The van der Waals surface area contributed by atoms with Crippen molar-refractivity contribution in [2.24, 2.45) is 0 Å². The van der Waals surface area contributed by atoms with Crippen molar-refractivity contribution in [3.63, 3.8) is 0 Å². The SMILES string of the molecule is Cc1ccc(Nc2nc(Nc3ccc(C)cc3)c(C(=O)c3nc4ccccc4s3)s2)cc1. The number of carbonyl (C=O) groups excluding carboxylic acids is 1. The van der Waals surface area contributed by atoms with Gasteiger partial charge in [0.15, 0.2) is 16.0 Å². The Morgan fingerprint density at radius 1 is 0.750 bits per heavy atom. The Balaban J connectivity index is 1.52. The van der Waals surface area contributed by atoms with Gasteiger partial charge in [-0.25, -0.2) is 9.97 Å². The van der Waals surface area contributed by atoms with Crippen LogP contribution in [-0.4, -0.2) is 15.8 Å². The molecule has 2 aromatic heterocycles. The molecular formula is C25H20N4OS2. The highest BCUT2D eigenvalue weighted by Gasteiger charge is 2.23. The molecule has 0 amide bonds. The number of anilines is 4. The van der Waals surface area contributed by atoms with Crippen LogP contribution >= 0.6 is 22.7 Å². The summed E-state index contributed by atoms with van der Waals surface area (Å²) in [5.74, 6) is 0.396. The van der Waals surface area contributed by atoms with Gasteiger partial charge in [-0.15, -0.1) is 11.3 Å². The molecule has 2 heterocycles. The van der Waals surface area contributed by atoms with Gasteiger partial charge in [0, 0.05) is 11.4 Å². The molecule has 0 bridgehead atoms. The number of hydrogen-bond acceptors (Lipinski definition) is 7. The maximum atomic E-state index is 13.4. The number of carbonyl (C=O) groups is 1. The van der Waals surface area contributed by atoms with E-state index in [9.17, 15) is 4.79 Å². The van der Waals surface area contributed by atoms with Crippen LogP contribution in [0.3, 0.4) is 0 Å². The number of rotatable bonds is 6. The van der Waals surface area contributed by atoms with E-state index >= 15 is 0 Å². The summed E-state index contributed by atoms with van der Waals surface area (Å²) in [6.45, 7) is 4.09. The van der Waals surface area contributed by atoms with Gasteiger partial charge in [-0.2, -0.15) is 0 Å². The second kappa shape index (κ2) is 8.53. The number of fused-ring (bicyclic) bond motifs is 1. The molecule has 0 fully saturated rings. The molecule has 5 aromatic rings. The zero-order valence-electron chi connectivity index (χ0n) is 17.5. The molecule has 5 nitrogen and oxygen atoms in total. The highest BCUT2D eigenvalue weighted by atomic mass is 32.1. The first kappa shape index (κ1) is 20.4. The average molecular weight is 457 g/mol. The first-order chi connectivity index (χ1) is 15.5. The van der Waals surface area contributed by atoms with Crippen molar-refractivity contribution in [2.45, 2.75) is 13.8 Å². The number of para-hydroxylation sites is 1. The van der Waals surface area contributed by atoms with Gasteiger partial charge in [-0.3, -0.25) is 4.79 Å². The fourth-order valence-corrected chi connectivity index (χ4v) is 5.07. The zero-order valence-corrected chi connectivity index (χ0v) is 19.2. The topological polar surface area (TPSA) is 66.9 Å².